The lowest BCUT2D eigenvalue weighted by Gasteiger charge is -2.35. The highest BCUT2D eigenvalue weighted by molar-refractivity contribution is 7.98. The van der Waals surface area contributed by atoms with E-state index in [1.54, 1.807) is 36.8 Å². The number of hydrogen-bond donors (Lipinski definition) is 2. The van der Waals surface area contributed by atoms with Crippen molar-refractivity contribution >= 4 is 57.8 Å². The van der Waals surface area contributed by atoms with E-state index in [2.05, 4.69) is 24.9 Å². The lowest BCUT2D eigenvalue weighted by Crippen LogP contribution is -2.45. The number of pyridine rings is 2. The maximum atomic E-state index is 14.3. The minimum atomic E-state index is -0.932. The highest BCUT2D eigenvalue weighted by atomic mass is 32.2. The van der Waals surface area contributed by atoms with Crippen LogP contribution >= 0.6 is 23.5 Å². The van der Waals surface area contributed by atoms with Gasteiger partial charge in [0, 0.05) is 61.5 Å². The fourth-order valence-corrected chi connectivity index (χ4v) is 7.85. The molecule has 0 unspecified atom stereocenters. The number of benzene rings is 2. The minimum absolute atomic E-state index is 0.126. The van der Waals surface area contributed by atoms with E-state index in [1.165, 1.54) is 46.4 Å². The van der Waals surface area contributed by atoms with Crippen molar-refractivity contribution in [3.8, 4) is 23.0 Å². The first-order valence-corrected chi connectivity index (χ1v) is 24.8. The first kappa shape index (κ1) is 53.9. The first-order chi connectivity index (χ1) is 33.5. The van der Waals surface area contributed by atoms with Crippen LogP contribution in [-0.2, 0) is 9.47 Å². The van der Waals surface area contributed by atoms with Gasteiger partial charge in [0.25, 0.3) is 11.1 Å². The van der Waals surface area contributed by atoms with Gasteiger partial charge in [-0.1, -0.05) is 23.5 Å². The molecule has 71 heavy (non-hydrogen) atoms. The summed E-state index contributed by atoms with van der Waals surface area (Å²) < 4.78 is 77.0. The highest BCUT2D eigenvalue weighted by Crippen LogP contribution is 2.30. The van der Waals surface area contributed by atoms with E-state index in [0.29, 0.717) is 77.0 Å². The van der Waals surface area contributed by atoms with Gasteiger partial charge < -0.3 is 38.8 Å². The maximum Gasteiger partial charge on any atom is 0.410 e. The van der Waals surface area contributed by atoms with E-state index in [0.717, 1.165) is 37.1 Å². The number of amides is 2. The summed E-state index contributed by atoms with van der Waals surface area (Å²) in [6, 6.07) is 8.11. The molecule has 2 N–H and O–H groups in total. The van der Waals surface area contributed by atoms with E-state index < -0.39 is 63.8 Å². The zero-order valence-electron chi connectivity index (χ0n) is 40.3. The Morgan fingerprint density at radius 3 is 1.73 bits per heavy atom. The first-order valence-electron chi connectivity index (χ1n) is 22.3. The number of nitrogens with one attached hydrogen (secondary N) is 1. The zero-order chi connectivity index (χ0) is 51.8. The maximum absolute atomic E-state index is 14.3. The van der Waals surface area contributed by atoms with Gasteiger partial charge in [-0.2, -0.15) is 0 Å². The smallest absolute Gasteiger partial charge is 0.410 e. The molecule has 17 nitrogen and oxygen atoms in total. The third kappa shape index (κ3) is 14.8. The number of carbonyl (C=O) groups excluding carboxylic acids is 2. The second-order valence-electron chi connectivity index (χ2n) is 18.2. The van der Waals surface area contributed by atoms with Gasteiger partial charge in [-0.05, 0) is 116 Å². The highest BCUT2D eigenvalue weighted by Gasteiger charge is 2.31. The van der Waals surface area contributed by atoms with E-state index in [-0.39, 0.29) is 35.6 Å². The number of H-pyrrole nitrogens is 1. The molecule has 0 saturated carbocycles. The van der Waals surface area contributed by atoms with E-state index in [1.807, 2.05) is 33.3 Å². The van der Waals surface area contributed by atoms with Gasteiger partial charge in [0.05, 0.1) is 12.1 Å². The number of rotatable bonds is 7. The Bertz CT molecular complexity index is 3010. The Morgan fingerprint density at radius 1 is 0.690 bits per heavy atom. The van der Waals surface area contributed by atoms with Crippen LogP contribution in [0.1, 0.15) is 73.3 Å². The van der Waals surface area contributed by atoms with Crippen molar-refractivity contribution in [1.82, 2.24) is 39.3 Å². The number of aromatic amines is 1. The van der Waals surface area contributed by atoms with Crippen LogP contribution in [0.3, 0.4) is 0 Å². The summed E-state index contributed by atoms with van der Waals surface area (Å²) in [4.78, 5) is 72.6. The molecule has 23 heteroatoms. The fourth-order valence-electron chi connectivity index (χ4n) is 7.18. The molecule has 380 valence electrons. The van der Waals surface area contributed by atoms with Gasteiger partial charge in [-0.15, -0.1) is 0 Å². The van der Waals surface area contributed by atoms with Crippen molar-refractivity contribution in [2.24, 2.45) is 0 Å². The minimum Gasteiger partial charge on any atom is -0.448 e. The number of hydrogen-bond acceptors (Lipinski definition) is 15. The summed E-state index contributed by atoms with van der Waals surface area (Å²) in [6.07, 6.45) is 8.44. The number of halogens is 4. The summed E-state index contributed by atoms with van der Waals surface area (Å²) in [5.74, 6) is -4.12. The van der Waals surface area contributed by atoms with Gasteiger partial charge in [0.15, 0.2) is 44.9 Å². The van der Waals surface area contributed by atoms with Crippen LogP contribution in [-0.4, -0.2) is 113 Å². The molecule has 0 spiro atoms. The van der Waals surface area contributed by atoms with Crippen molar-refractivity contribution in [3.63, 3.8) is 0 Å². The van der Waals surface area contributed by atoms with Crippen LogP contribution in [0.25, 0.3) is 22.1 Å². The van der Waals surface area contributed by atoms with Crippen LogP contribution in [0.2, 0.25) is 0 Å². The van der Waals surface area contributed by atoms with Crippen molar-refractivity contribution in [3.05, 3.63) is 105 Å². The molecule has 2 aliphatic heterocycles. The van der Waals surface area contributed by atoms with Gasteiger partial charge >= 0.3 is 12.2 Å². The molecule has 2 saturated heterocycles. The Kier molecular flexibility index (Phi) is 17.6. The third-order valence-corrected chi connectivity index (χ3v) is 11.4. The number of piperidine rings is 2. The number of thioether (sulfide) groups is 2. The second kappa shape index (κ2) is 23.2. The molecular weight excluding hydrogens is 973 g/mol. The van der Waals surface area contributed by atoms with Gasteiger partial charge in [0.1, 0.15) is 34.1 Å². The molecule has 4 aromatic heterocycles. The van der Waals surface area contributed by atoms with Gasteiger partial charge in [-0.3, -0.25) is 14.2 Å². The van der Waals surface area contributed by atoms with Crippen LogP contribution in [0.4, 0.5) is 27.2 Å². The number of fused-ring (bicyclic) bond motifs is 2. The standard InChI is InChI=1S/C24H26F2N4O4S.C14H9F2N3O2S.C10H19NO3/c1-24(2,3)34-23(32)29-9-5-6-16(13-29)30-20-14(12-27-22(28-20)35-4)10-19(21(30)31)33-18-8-7-15(25)11-17(18)26;1-22-14-17-6-7-4-11(13(20)18-12(7)19-14)21-10-3-2-8(15)5-9(10)16;1-10(2,3)14-9(13)11-6-4-5-8(12)7-11/h7-8,10-12,16H,5-6,9,13H2,1-4H3;2-6H,1H3,(H,17,18,19,20);8,12H,4-7H2,1-3H3/t16-;;8-/m1.0/s1. The van der Waals surface area contributed by atoms with Crippen molar-refractivity contribution in [2.45, 2.75) is 101 Å². The number of aromatic nitrogens is 6. The van der Waals surface area contributed by atoms with Crippen LogP contribution in [0.5, 0.6) is 23.0 Å². The molecular formula is C48H54F4N8O9S2. The van der Waals surface area contributed by atoms with Crippen LogP contribution in [0.15, 0.2) is 80.8 Å². The third-order valence-electron chi connectivity index (χ3n) is 10.3. The van der Waals surface area contributed by atoms with Crippen LogP contribution in [0, 0.1) is 23.3 Å². The van der Waals surface area contributed by atoms with E-state index in [4.69, 9.17) is 18.9 Å². The molecule has 2 aliphatic rings. The molecule has 6 aromatic rings. The van der Waals surface area contributed by atoms with Gasteiger partial charge in [0.2, 0.25) is 0 Å². The predicted octanol–water partition coefficient (Wildman–Crippen LogP) is 9.64. The SMILES string of the molecule is CC(C)(C)OC(=O)N1CCC[C@H](O)C1.CSc1ncc2cc(Oc3ccc(F)cc3F)c(=O)[nH]c2n1.CSc1ncc2cc(Oc3ccc(F)cc3F)c(=O)n([C@@H]3CCCN(C(=O)OC(C)(C)C)C3)c2n1. The number of likely N-dealkylation sites (tertiary alicyclic amines) is 2. The molecule has 0 aliphatic carbocycles. The predicted molar refractivity (Wildman–Crippen MR) is 260 cm³/mol. The molecule has 2 aromatic carbocycles. The normalized spacial score (nSPS) is 16.1. The Hall–Kier alpha value is -6.46. The molecule has 2 fully saturated rings. The average molecular weight is 1030 g/mol. The summed E-state index contributed by atoms with van der Waals surface area (Å²) >= 11 is 2.67. The molecule has 2 atom stereocenters. The van der Waals surface area contributed by atoms with Crippen molar-refractivity contribution in [2.75, 3.05) is 38.7 Å². The number of nitrogens with zero attached hydrogens (tertiary/aromatic N) is 7. The summed E-state index contributed by atoms with van der Waals surface area (Å²) in [5, 5.41) is 11.4. The Morgan fingerprint density at radius 2 is 1.20 bits per heavy atom. The Balaban J connectivity index is 0.000000194. The van der Waals surface area contributed by atoms with Crippen molar-refractivity contribution in [1.29, 1.82) is 0 Å². The monoisotopic (exact) mass is 1030 g/mol. The van der Waals surface area contributed by atoms with Gasteiger partial charge in [-0.25, -0.2) is 47.1 Å². The molecule has 2 amide bonds. The number of aliphatic hydroxyl groups excluding tert-OH is 1. The number of aliphatic hydroxyl groups is 1. The van der Waals surface area contributed by atoms with E-state index >= 15 is 0 Å². The summed E-state index contributed by atoms with van der Waals surface area (Å²) in [6.45, 7) is 12.7. The second-order valence-corrected chi connectivity index (χ2v) is 19.8. The fraction of sp³-hybridized carbons (Fsp3) is 0.417. The number of carbonyl (C=O) groups is 2. The topological polar surface area (TPSA) is 204 Å². The largest absolute Gasteiger partial charge is 0.448 e. The summed E-state index contributed by atoms with van der Waals surface area (Å²) in [5.41, 5.74) is -1.47. The lowest BCUT2D eigenvalue weighted by molar-refractivity contribution is 0.00387. The lowest BCUT2D eigenvalue weighted by atomic mass is 10.1. The average Bonchev–Trinajstić information content (AvgIpc) is 3.30. The number of ether oxygens (including phenoxy) is 4. The zero-order valence-corrected chi connectivity index (χ0v) is 41.9. The molecule has 0 radical (unpaired) electrons. The quantitative estimate of drug-likeness (QED) is 0.0868. The molecule has 0 bridgehead atoms. The van der Waals surface area contributed by atoms with E-state index in [9.17, 15) is 41.8 Å². The summed E-state index contributed by atoms with van der Waals surface area (Å²) in [7, 11) is 0. The number of β-amino-alcohol motifs (C(OH)–C–C–N with tert-alkyl or cyclic N) is 1. The molecule has 6 heterocycles. The van der Waals surface area contributed by atoms with Crippen molar-refractivity contribution < 1.29 is 51.2 Å². The Labute approximate surface area is 414 Å². The molecule has 8 rings (SSSR count). The van der Waals surface area contributed by atoms with Crippen LogP contribution < -0.4 is 20.6 Å².